The number of methoxy groups -OCH3 is 1. The molecule has 1 aromatic heterocycles. The van der Waals surface area contributed by atoms with Crippen molar-refractivity contribution in [3.05, 3.63) is 12.1 Å². The number of nitrogens with two attached hydrogens (primary N) is 1. The summed E-state index contributed by atoms with van der Waals surface area (Å²) in [6.45, 7) is 5.97. The zero-order valence-corrected chi connectivity index (χ0v) is 17.6. The summed E-state index contributed by atoms with van der Waals surface area (Å²) in [5, 5.41) is 18.6. The lowest BCUT2D eigenvalue weighted by atomic mass is 9.94. The quantitative estimate of drug-likeness (QED) is 0.671. The number of thiazole rings is 1. The molecule has 2 aliphatic heterocycles. The SMILES string of the molecule is CC1(O)CCN(C(=O)O)CC1.COc1ccc(N2CCOCC2)c2sc(N)nc12. The molecule has 2 aliphatic rings. The number of nitrogen functional groups attached to an aromatic ring is 1. The van der Waals surface area contributed by atoms with Crippen LogP contribution in [0.5, 0.6) is 5.75 Å². The Balaban J connectivity index is 0.000000188. The van der Waals surface area contributed by atoms with Crippen molar-refractivity contribution in [2.75, 3.05) is 57.1 Å². The maximum atomic E-state index is 10.4. The van der Waals surface area contributed by atoms with E-state index in [9.17, 15) is 9.90 Å². The first-order valence-corrected chi connectivity index (χ1v) is 10.4. The van der Waals surface area contributed by atoms with Crippen molar-refractivity contribution in [2.45, 2.75) is 25.4 Å². The second-order valence-electron chi connectivity index (χ2n) is 7.38. The van der Waals surface area contributed by atoms with Crippen molar-refractivity contribution >= 4 is 38.5 Å². The third kappa shape index (κ3) is 5.20. The van der Waals surface area contributed by atoms with E-state index >= 15 is 0 Å². The van der Waals surface area contributed by atoms with Crippen LogP contribution in [0.2, 0.25) is 0 Å². The number of amides is 1. The van der Waals surface area contributed by atoms with Crippen molar-refractivity contribution in [3.8, 4) is 5.75 Å². The summed E-state index contributed by atoms with van der Waals surface area (Å²) in [6.07, 6.45) is 0.194. The van der Waals surface area contributed by atoms with E-state index in [1.54, 1.807) is 14.0 Å². The Bertz CT molecular complexity index is 840. The molecule has 0 aliphatic carbocycles. The van der Waals surface area contributed by atoms with Gasteiger partial charge in [0, 0.05) is 26.2 Å². The number of nitrogens with zero attached hydrogens (tertiary/aromatic N) is 3. The van der Waals surface area contributed by atoms with Crippen LogP contribution in [0, 0.1) is 0 Å². The van der Waals surface area contributed by atoms with Crippen LogP contribution in [0.25, 0.3) is 10.2 Å². The Morgan fingerprint density at radius 1 is 1.28 bits per heavy atom. The molecule has 160 valence electrons. The van der Waals surface area contributed by atoms with E-state index in [0.717, 1.165) is 42.3 Å². The van der Waals surface area contributed by atoms with E-state index in [1.165, 1.54) is 21.9 Å². The van der Waals surface area contributed by atoms with Gasteiger partial charge in [0.05, 0.1) is 36.3 Å². The van der Waals surface area contributed by atoms with Gasteiger partial charge in [0.2, 0.25) is 0 Å². The molecule has 4 rings (SSSR count). The van der Waals surface area contributed by atoms with Crippen molar-refractivity contribution in [1.82, 2.24) is 9.88 Å². The summed E-state index contributed by atoms with van der Waals surface area (Å²) in [6, 6.07) is 4.02. The van der Waals surface area contributed by atoms with Crippen LogP contribution in [-0.2, 0) is 4.74 Å². The van der Waals surface area contributed by atoms with Gasteiger partial charge in [-0.15, -0.1) is 0 Å². The molecule has 0 spiro atoms. The highest BCUT2D eigenvalue weighted by Crippen LogP contribution is 2.38. The Kier molecular flexibility index (Phi) is 6.66. The van der Waals surface area contributed by atoms with Crippen LogP contribution in [0.3, 0.4) is 0 Å². The van der Waals surface area contributed by atoms with E-state index in [4.69, 9.17) is 20.3 Å². The van der Waals surface area contributed by atoms with Crippen molar-refractivity contribution in [2.24, 2.45) is 0 Å². The molecule has 1 aromatic carbocycles. The van der Waals surface area contributed by atoms with Gasteiger partial charge in [-0.25, -0.2) is 9.78 Å². The Morgan fingerprint density at radius 3 is 2.52 bits per heavy atom. The highest BCUT2D eigenvalue weighted by Gasteiger charge is 2.29. The Labute approximate surface area is 173 Å². The molecule has 2 saturated heterocycles. The third-order valence-electron chi connectivity index (χ3n) is 5.19. The van der Waals surface area contributed by atoms with Crippen LogP contribution in [0.1, 0.15) is 19.8 Å². The number of carboxylic acid groups (broad SMARTS) is 1. The number of fused-ring (bicyclic) bond motifs is 1. The second-order valence-corrected chi connectivity index (χ2v) is 8.41. The molecule has 4 N–H and O–H groups in total. The van der Waals surface area contributed by atoms with E-state index < -0.39 is 11.7 Å². The summed E-state index contributed by atoms with van der Waals surface area (Å²) in [7, 11) is 1.65. The van der Waals surface area contributed by atoms with Gasteiger partial charge in [0.1, 0.15) is 11.3 Å². The fraction of sp³-hybridized carbons (Fsp3) is 0.579. The molecule has 0 bridgehead atoms. The number of benzene rings is 1. The lowest BCUT2D eigenvalue weighted by Gasteiger charge is -2.34. The van der Waals surface area contributed by atoms with Gasteiger partial charge in [0.15, 0.2) is 5.13 Å². The molecule has 3 heterocycles. The molecule has 2 aromatic rings. The first-order chi connectivity index (χ1) is 13.8. The van der Waals surface area contributed by atoms with Crippen molar-refractivity contribution in [3.63, 3.8) is 0 Å². The maximum absolute atomic E-state index is 10.4. The van der Waals surface area contributed by atoms with Gasteiger partial charge in [0.25, 0.3) is 0 Å². The molecule has 0 atom stereocenters. The van der Waals surface area contributed by atoms with E-state index in [1.807, 2.05) is 6.07 Å². The smallest absolute Gasteiger partial charge is 0.407 e. The van der Waals surface area contributed by atoms with Gasteiger partial charge in [-0.3, -0.25) is 0 Å². The minimum Gasteiger partial charge on any atom is -0.494 e. The third-order valence-corrected chi connectivity index (χ3v) is 6.09. The van der Waals surface area contributed by atoms with Gasteiger partial charge < -0.3 is 35.2 Å². The number of carbonyl (C=O) groups is 1. The van der Waals surface area contributed by atoms with E-state index in [-0.39, 0.29) is 0 Å². The molecule has 1 amide bonds. The Morgan fingerprint density at radius 2 is 1.93 bits per heavy atom. The number of ether oxygens (including phenoxy) is 2. The molecule has 2 fully saturated rings. The number of hydrogen-bond donors (Lipinski definition) is 3. The summed E-state index contributed by atoms with van der Waals surface area (Å²) < 4.78 is 11.8. The topological polar surface area (TPSA) is 121 Å². The summed E-state index contributed by atoms with van der Waals surface area (Å²) >= 11 is 1.51. The predicted octanol–water partition coefficient (Wildman–Crippen LogP) is 2.23. The number of piperidine rings is 1. The number of rotatable bonds is 2. The number of hydrogen-bond acceptors (Lipinski definition) is 8. The average molecular weight is 425 g/mol. The lowest BCUT2D eigenvalue weighted by molar-refractivity contribution is -0.00116. The highest BCUT2D eigenvalue weighted by molar-refractivity contribution is 7.22. The molecule has 0 radical (unpaired) electrons. The van der Waals surface area contributed by atoms with E-state index in [2.05, 4.69) is 16.0 Å². The predicted molar refractivity (Wildman–Crippen MR) is 113 cm³/mol. The average Bonchev–Trinajstić information content (AvgIpc) is 3.09. The normalized spacial score (nSPS) is 18.9. The zero-order chi connectivity index (χ0) is 21.0. The lowest BCUT2D eigenvalue weighted by Crippen LogP contribution is -2.44. The van der Waals surface area contributed by atoms with Gasteiger partial charge in [-0.05, 0) is 31.9 Å². The fourth-order valence-electron chi connectivity index (χ4n) is 3.38. The zero-order valence-electron chi connectivity index (χ0n) is 16.8. The molecule has 0 unspecified atom stereocenters. The minimum atomic E-state index is -0.888. The summed E-state index contributed by atoms with van der Waals surface area (Å²) in [5.74, 6) is 0.773. The second kappa shape index (κ2) is 9.02. The molecule has 0 saturated carbocycles. The molecular weight excluding hydrogens is 396 g/mol. The molecule has 10 heteroatoms. The molecule has 9 nitrogen and oxygen atoms in total. The number of likely N-dealkylation sites (tertiary alicyclic amines) is 1. The van der Waals surface area contributed by atoms with Gasteiger partial charge >= 0.3 is 6.09 Å². The largest absolute Gasteiger partial charge is 0.494 e. The molecule has 29 heavy (non-hydrogen) atoms. The van der Waals surface area contributed by atoms with Crippen molar-refractivity contribution in [1.29, 1.82) is 0 Å². The van der Waals surface area contributed by atoms with Crippen molar-refractivity contribution < 1.29 is 24.5 Å². The van der Waals surface area contributed by atoms with E-state index in [0.29, 0.717) is 31.1 Å². The van der Waals surface area contributed by atoms with Gasteiger partial charge in [-0.1, -0.05) is 11.3 Å². The Hall–Kier alpha value is -2.30. The number of aromatic nitrogens is 1. The summed E-state index contributed by atoms with van der Waals surface area (Å²) in [4.78, 5) is 18.4. The standard InChI is InChI=1S/C12H15N3O2S.C7H13NO3/c1-16-9-3-2-8(15-4-6-17-7-5-15)11-10(9)14-12(13)18-11;1-7(11)2-4-8(5-3-7)6(9)10/h2-3H,4-7H2,1H3,(H2,13,14);11H,2-5H2,1H3,(H,9,10). The van der Waals surface area contributed by atoms with Crippen LogP contribution in [-0.4, -0.2) is 78.3 Å². The summed E-state index contributed by atoms with van der Waals surface area (Å²) in [5.41, 5.74) is 7.18. The number of anilines is 2. The molecular formula is C19H28N4O5S. The maximum Gasteiger partial charge on any atom is 0.407 e. The number of morpholine rings is 1. The highest BCUT2D eigenvalue weighted by atomic mass is 32.1. The first-order valence-electron chi connectivity index (χ1n) is 9.57. The fourth-order valence-corrected chi connectivity index (χ4v) is 4.27. The number of aliphatic hydroxyl groups is 1. The van der Waals surface area contributed by atoms with Crippen LogP contribution >= 0.6 is 11.3 Å². The van der Waals surface area contributed by atoms with Gasteiger partial charge in [-0.2, -0.15) is 0 Å². The van der Waals surface area contributed by atoms with Crippen LogP contribution in [0.15, 0.2) is 12.1 Å². The monoisotopic (exact) mass is 424 g/mol. The first kappa shape index (κ1) is 21.4. The minimum absolute atomic E-state index is 0.447. The van der Waals surface area contributed by atoms with Crippen LogP contribution in [0.4, 0.5) is 15.6 Å². The van der Waals surface area contributed by atoms with Crippen LogP contribution < -0.4 is 15.4 Å².